The lowest BCUT2D eigenvalue weighted by atomic mass is 9.96. The lowest BCUT2D eigenvalue weighted by Crippen LogP contribution is -2.33. The Balaban J connectivity index is 2.37. The fourth-order valence-electron chi connectivity index (χ4n) is 2.63. The van der Waals surface area contributed by atoms with Crippen LogP contribution in [0, 0.1) is 0 Å². The number of sulfonamides is 1. The third-order valence-electron chi connectivity index (χ3n) is 3.67. The van der Waals surface area contributed by atoms with Gasteiger partial charge in [-0.15, -0.1) is 0 Å². The minimum Gasteiger partial charge on any atom is -0.384 e. The molecule has 0 aliphatic carbocycles. The molecule has 0 atom stereocenters. The number of anilines is 1. The van der Waals surface area contributed by atoms with Crippen molar-refractivity contribution < 1.29 is 21.6 Å². The van der Waals surface area contributed by atoms with Gasteiger partial charge < -0.3 is 5.73 Å². The summed E-state index contributed by atoms with van der Waals surface area (Å²) in [6, 6.07) is 4.78. The third kappa shape index (κ3) is 3.48. The molecule has 13 heteroatoms. The van der Waals surface area contributed by atoms with Crippen LogP contribution in [0.3, 0.4) is 0 Å². The Labute approximate surface area is 145 Å². The second-order valence-corrected chi connectivity index (χ2v) is 6.89. The molecule has 0 saturated carbocycles. The summed E-state index contributed by atoms with van der Waals surface area (Å²) in [5.74, 6) is 0.203. The van der Waals surface area contributed by atoms with E-state index in [0.29, 0.717) is 11.6 Å². The van der Waals surface area contributed by atoms with E-state index in [2.05, 4.69) is 26.9 Å². The molecule has 3 rings (SSSR count). The minimum absolute atomic E-state index is 0.185. The van der Waals surface area contributed by atoms with E-state index in [1.54, 1.807) is 0 Å². The maximum atomic E-state index is 13.4. The number of aromatic nitrogens is 1. The number of benzene rings is 1. The first-order valence-electron chi connectivity index (χ1n) is 7.09. The Morgan fingerprint density at radius 3 is 2.23 bits per heavy atom. The van der Waals surface area contributed by atoms with Crippen molar-refractivity contribution in [1.29, 1.82) is 0 Å². The quantitative estimate of drug-likeness (QED) is 0.434. The molecule has 9 nitrogen and oxygen atoms in total. The van der Waals surface area contributed by atoms with Crippen LogP contribution < -0.4 is 32.8 Å². The van der Waals surface area contributed by atoms with Crippen molar-refractivity contribution in [1.82, 2.24) is 26.9 Å². The smallest absolute Gasteiger partial charge is 0.384 e. The number of halogens is 3. The van der Waals surface area contributed by atoms with Crippen LogP contribution in [0.4, 0.5) is 19.0 Å². The Bertz CT molecular complexity index is 926. The summed E-state index contributed by atoms with van der Waals surface area (Å²) in [4.78, 5) is 2.86. The fraction of sp³-hybridized carbons (Fsp3) is 0.154. The van der Waals surface area contributed by atoms with Crippen LogP contribution in [-0.4, -0.2) is 13.4 Å². The number of primary sulfonamides is 1. The zero-order valence-corrected chi connectivity index (χ0v) is 13.7. The van der Waals surface area contributed by atoms with Gasteiger partial charge in [-0.3, -0.25) is 0 Å². The van der Waals surface area contributed by atoms with Crippen LogP contribution in [0.25, 0.3) is 11.1 Å². The molecule has 1 aromatic carbocycles. The maximum Gasteiger partial charge on any atom is 0.417 e. The van der Waals surface area contributed by atoms with Gasteiger partial charge in [0.15, 0.2) is 0 Å². The number of nitrogen functional groups attached to an aromatic ring is 1. The molecule has 8 N–H and O–H groups in total. The summed E-state index contributed by atoms with van der Waals surface area (Å²) in [6.07, 6.45) is -4.63. The molecule has 1 saturated heterocycles. The number of hydrogen-bond donors (Lipinski definition) is 6. The van der Waals surface area contributed by atoms with Gasteiger partial charge in [0.1, 0.15) is 16.9 Å². The molecule has 0 radical (unpaired) electrons. The van der Waals surface area contributed by atoms with Crippen LogP contribution in [0.15, 0.2) is 35.4 Å². The SMILES string of the molecule is Nc1ccc(-c2ccc(C(F)(F)F)c(S(N)(=O)=O)c2C2NNNN2)cn1. The first-order valence-corrected chi connectivity index (χ1v) is 8.63. The van der Waals surface area contributed by atoms with Crippen LogP contribution in [0.1, 0.15) is 17.3 Å². The largest absolute Gasteiger partial charge is 0.417 e. The maximum absolute atomic E-state index is 13.4. The second kappa shape index (κ2) is 6.46. The van der Waals surface area contributed by atoms with Gasteiger partial charge in [0.05, 0.1) is 5.56 Å². The van der Waals surface area contributed by atoms with Crippen LogP contribution >= 0.6 is 0 Å². The van der Waals surface area contributed by atoms with Crippen molar-refractivity contribution in [2.75, 3.05) is 5.73 Å². The topological polar surface area (TPSA) is 147 Å². The number of nitrogens with zero attached hydrogens (tertiary/aromatic N) is 1. The highest BCUT2D eigenvalue weighted by molar-refractivity contribution is 7.89. The van der Waals surface area contributed by atoms with E-state index in [4.69, 9.17) is 10.9 Å². The van der Waals surface area contributed by atoms with Gasteiger partial charge in [-0.2, -0.15) is 24.2 Å². The van der Waals surface area contributed by atoms with E-state index < -0.39 is 32.8 Å². The Morgan fingerprint density at radius 1 is 1.08 bits per heavy atom. The number of alkyl halides is 3. The molecule has 0 bridgehead atoms. The van der Waals surface area contributed by atoms with Gasteiger partial charge in [-0.1, -0.05) is 6.07 Å². The van der Waals surface area contributed by atoms with Crippen molar-refractivity contribution in [3.8, 4) is 11.1 Å². The van der Waals surface area contributed by atoms with Crippen molar-refractivity contribution >= 4 is 15.8 Å². The second-order valence-electron chi connectivity index (χ2n) is 5.39. The van der Waals surface area contributed by atoms with Crippen LogP contribution in [0.2, 0.25) is 0 Å². The molecule has 0 amide bonds. The van der Waals surface area contributed by atoms with Gasteiger partial charge in [-0.25, -0.2) is 29.4 Å². The Kier molecular flexibility index (Phi) is 4.60. The van der Waals surface area contributed by atoms with E-state index in [1.807, 2.05) is 0 Å². The molecule has 1 aromatic heterocycles. The highest BCUT2D eigenvalue weighted by atomic mass is 32.2. The number of nitrogens with one attached hydrogen (secondary N) is 4. The van der Waals surface area contributed by atoms with Gasteiger partial charge in [0, 0.05) is 17.3 Å². The Hall–Kier alpha value is -2.29. The number of nitrogens with two attached hydrogens (primary N) is 2. The van der Waals surface area contributed by atoms with Gasteiger partial charge in [0.25, 0.3) is 0 Å². The summed E-state index contributed by atoms with van der Waals surface area (Å²) in [6.45, 7) is 0. The normalized spacial score (nSPS) is 16.2. The predicted molar refractivity (Wildman–Crippen MR) is 85.7 cm³/mol. The lowest BCUT2D eigenvalue weighted by molar-refractivity contribution is -0.140. The van der Waals surface area contributed by atoms with Crippen molar-refractivity contribution in [2.24, 2.45) is 5.14 Å². The molecule has 2 aromatic rings. The summed E-state index contributed by atoms with van der Waals surface area (Å²) in [5, 5.41) is 5.13. The molecule has 140 valence electrons. The standard InChI is InChI=1S/C13H14F3N7O2S/c14-13(15,16)8-3-2-7(6-1-4-9(17)19-5-6)10(11(8)26(18,24)25)12-20-22-23-21-12/h1-5,12,20-23H,(H2,17,19)(H2,18,24,25). The molecule has 0 unspecified atom stereocenters. The first-order chi connectivity index (χ1) is 12.1. The highest BCUT2D eigenvalue weighted by Gasteiger charge is 2.40. The van der Waals surface area contributed by atoms with E-state index in [-0.39, 0.29) is 16.9 Å². The average Bonchev–Trinajstić information content (AvgIpc) is 3.06. The van der Waals surface area contributed by atoms with E-state index in [0.717, 1.165) is 6.07 Å². The molecular weight excluding hydrogens is 375 g/mol. The van der Waals surface area contributed by atoms with Crippen molar-refractivity contribution in [3.05, 3.63) is 41.6 Å². The zero-order valence-electron chi connectivity index (χ0n) is 12.9. The lowest BCUT2D eigenvalue weighted by Gasteiger charge is -2.22. The molecular formula is C13H14F3N7O2S. The molecule has 1 aliphatic rings. The van der Waals surface area contributed by atoms with E-state index in [9.17, 15) is 21.6 Å². The number of hydrazine groups is 3. The summed E-state index contributed by atoms with van der Waals surface area (Å²) in [7, 11) is -4.72. The molecule has 0 spiro atoms. The monoisotopic (exact) mass is 389 g/mol. The molecule has 1 aliphatic heterocycles. The summed E-state index contributed by atoms with van der Waals surface area (Å²) >= 11 is 0. The van der Waals surface area contributed by atoms with E-state index >= 15 is 0 Å². The number of hydrogen-bond acceptors (Lipinski definition) is 8. The van der Waals surface area contributed by atoms with Gasteiger partial charge in [0.2, 0.25) is 10.0 Å². The minimum atomic E-state index is -4.92. The average molecular weight is 389 g/mol. The summed E-state index contributed by atoms with van der Waals surface area (Å²) in [5.41, 5.74) is 14.5. The predicted octanol–water partition coefficient (Wildman–Crippen LogP) is 0.113. The van der Waals surface area contributed by atoms with E-state index in [1.165, 1.54) is 18.3 Å². The number of rotatable bonds is 3. The number of pyridine rings is 1. The van der Waals surface area contributed by atoms with Gasteiger partial charge >= 0.3 is 6.18 Å². The zero-order chi connectivity index (χ0) is 19.1. The molecule has 2 heterocycles. The Morgan fingerprint density at radius 2 is 1.73 bits per heavy atom. The highest BCUT2D eigenvalue weighted by Crippen LogP contribution is 2.41. The van der Waals surface area contributed by atoms with Crippen molar-refractivity contribution in [2.45, 2.75) is 17.2 Å². The van der Waals surface area contributed by atoms with Gasteiger partial charge in [-0.05, 0) is 23.8 Å². The first kappa shape index (κ1) is 18.5. The van der Waals surface area contributed by atoms with Crippen molar-refractivity contribution in [3.63, 3.8) is 0 Å². The molecule has 26 heavy (non-hydrogen) atoms. The fourth-order valence-corrected chi connectivity index (χ4v) is 3.65. The van der Waals surface area contributed by atoms with Crippen LogP contribution in [-0.2, 0) is 16.2 Å². The van der Waals surface area contributed by atoms with Crippen LogP contribution in [0.5, 0.6) is 0 Å². The third-order valence-corrected chi connectivity index (χ3v) is 4.68. The summed E-state index contributed by atoms with van der Waals surface area (Å²) < 4.78 is 64.4. The molecule has 1 fully saturated rings.